The lowest BCUT2D eigenvalue weighted by molar-refractivity contribution is 0.207. The van der Waals surface area contributed by atoms with Crippen LogP contribution >= 0.6 is 0 Å². The maximum Gasteiger partial charge on any atom is 0.321 e. The van der Waals surface area contributed by atoms with Crippen LogP contribution < -0.4 is 10.1 Å². The molecule has 6 heteroatoms. The summed E-state index contributed by atoms with van der Waals surface area (Å²) in [5.74, 6) is 0.785. The van der Waals surface area contributed by atoms with Crippen molar-refractivity contribution in [3.63, 3.8) is 0 Å². The summed E-state index contributed by atoms with van der Waals surface area (Å²) in [7, 11) is 0.627. The number of rotatable bonds is 6. The molecule has 128 valence electrons. The van der Waals surface area contributed by atoms with Crippen molar-refractivity contribution in [1.29, 1.82) is 0 Å². The van der Waals surface area contributed by atoms with Gasteiger partial charge < -0.3 is 15.0 Å². The Hall–Kier alpha value is -2.34. The highest BCUT2D eigenvalue weighted by molar-refractivity contribution is 7.84. The third kappa shape index (κ3) is 5.38. The number of amides is 2. The van der Waals surface area contributed by atoms with Crippen molar-refractivity contribution in [3.8, 4) is 5.75 Å². The van der Waals surface area contributed by atoms with Crippen LogP contribution in [0.2, 0.25) is 0 Å². The minimum absolute atomic E-state index is 0.235. The number of hydrogen-bond donors (Lipinski definition) is 1. The molecular formula is C18H22N2O3S. The lowest BCUT2D eigenvalue weighted by Crippen LogP contribution is -2.34. The van der Waals surface area contributed by atoms with Crippen LogP contribution in [0.25, 0.3) is 0 Å². The lowest BCUT2D eigenvalue weighted by atomic mass is 10.2. The van der Waals surface area contributed by atoms with E-state index in [1.807, 2.05) is 31.2 Å². The molecule has 2 amide bonds. The molecule has 2 aromatic rings. The first kappa shape index (κ1) is 18.0. The van der Waals surface area contributed by atoms with Crippen LogP contribution in [0.1, 0.15) is 5.56 Å². The van der Waals surface area contributed by atoms with E-state index >= 15 is 0 Å². The number of carbonyl (C=O) groups excluding carboxylic acids is 1. The van der Waals surface area contributed by atoms with Gasteiger partial charge in [-0.25, -0.2) is 4.79 Å². The summed E-state index contributed by atoms with van der Waals surface area (Å²) in [5, 5.41) is 2.79. The Labute approximate surface area is 145 Å². The second-order valence-electron chi connectivity index (χ2n) is 5.50. The van der Waals surface area contributed by atoms with E-state index in [1.165, 1.54) is 5.56 Å². The molecule has 24 heavy (non-hydrogen) atoms. The van der Waals surface area contributed by atoms with Gasteiger partial charge in [-0.2, -0.15) is 0 Å². The average Bonchev–Trinajstić information content (AvgIpc) is 2.56. The summed E-state index contributed by atoms with van der Waals surface area (Å²) in [6, 6.07) is 14.6. The van der Waals surface area contributed by atoms with Crippen LogP contribution in [0, 0.1) is 6.92 Å². The van der Waals surface area contributed by atoms with Crippen molar-refractivity contribution in [2.24, 2.45) is 0 Å². The number of benzene rings is 2. The number of carbonyl (C=O) groups is 1. The number of aryl methyl sites for hydroxylation is 1. The summed E-state index contributed by atoms with van der Waals surface area (Å²) in [6.45, 7) is 2.89. The van der Waals surface area contributed by atoms with Gasteiger partial charge in [-0.15, -0.1) is 0 Å². The zero-order valence-electron chi connectivity index (χ0n) is 14.1. The quantitative estimate of drug-likeness (QED) is 0.873. The number of nitrogens with zero attached hydrogens (tertiary/aromatic N) is 1. The van der Waals surface area contributed by atoms with Crippen LogP contribution in [0.5, 0.6) is 5.75 Å². The average molecular weight is 346 g/mol. The fraction of sp³-hybridized carbons (Fsp3) is 0.278. The van der Waals surface area contributed by atoms with Crippen molar-refractivity contribution in [3.05, 3.63) is 54.1 Å². The molecule has 0 aliphatic carbocycles. The first-order valence-corrected chi connectivity index (χ1v) is 9.16. The molecule has 2 rings (SSSR count). The van der Waals surface area contributed by atoms with Gasteiger partial charge in [0.15, 0.2) is 0 Å². The SMILES string of the molecule is Cc1ccc(OCCN(C)C(=O)Nc2cccc([S@@](C)=O)c2)cc1. The predicted molar refractivity (Wildman–Crippen MR) is 97.1 cm³/mol. The second kappa shape index (κ2) is 8.49. The van der Waals surface area contributed by atoms with Gasteiger partial charge in [0.1, 0.15) is 12.4 Å². The topological polar surface area (TPSA) is 58.6 Å². The van der Waals surface area contributed by atoms with E-state index in [9.17, 15) is 9.00 Å². The monoisotopic (exact) mass is 346 g/mol. The smallest absolute Gasteiger partial charge is 0.321 e. The summed E-state index contributed by atoms with van der Waals surface area (Å²) in [4.78, 5) is 14.4. The molecule has 0 saturated heterocycles. The van der Waals surface area contributed by atoms with Crippen molar-refractivity contribution in [2.45, 2.75) is 11.8 Å². The Bertz CT molecular complexity index is 716. The normalized spacial score (nSPS) is 11.6. The standard InChI is InChI=1S/C18H22N2O3S/c1-14-7-9-16(10-8-14)23-12-11-20(2)18(21)19-15-5-4-6-17(13-15)24(3)22/h4-10,13H,11-12H2,1-3H3,(H,19,21)/t24-/m1/s1. The van der Waals surface area contributed by atoms with Crippen molar-refractivity contribution < 1.29 is 13.7 Å². The third-order valence-corrected chi connectivity index (χ3v) is 4.40. The van der Waals surface area contributed by atoms with Gasteiger partial charge >= 0.3 is 6.03 Å². The summed E-state index contributed by atoms with van der Waals surface area (Å²) >= 11 is 0. The van der Waals surface area contributed by atoms with Gasteiger partial charge in [-0.05, 0) is 37.3 Å². The van der Waals surface area contributed by atoms with Crippen molar-refractivity contribution in [1.82, 2.24) is 4.90 Å². The molecule has 0 bridgehead atoms. The van der Waals surface area contributed by atoms with Gasteiger partial charge in [-0.3, -0.25) is 4.21 Å². The molecule has 0 radical (unpaired) electrons. The molecule has 2 aromatic carbocycles. The Morgan fingerprint density at radius 2 is 1.92 bits per heavy atom. The fourth-order valence-corrected chi connectivity index (χ4v) is 2.57. The van der Waals surface area contributed by atoms with Crippen LogP contribution in [0.15, 0.2) is 53.4 Å². The fourth-order valence-electron chi connectivity index (χ4n) is 2.01. The highest BCUT2D eigenvalue weighted by Gasteiger charge is 2.09. The molecule has 0 saturated carbocycles. The van der Waals surface area contributed by atoms with E-state index in [2.05, 4.69) is 5.32 Å². The minimum Gasteiger partial charge on any atom is -0.492 e. The Morgan fingerprint density at radius 3 is 2.58 bits per heavy atom. The molecular weight excluding hydrogens is 324 g/mol. The number of nitrogens with one attached hydrogen (secondary N) is 1. The van der Waals surface area contributed by atoms with Gasteiger partial charge in [0, 0.05) is 34.7 Å². The summed E-state index contributed by atoms with van der Waals surface area (Å²) in [5.41, 5.74) is 1.80. The number of hydrogen-bond acceptors (Lipinski definition) is 3. The largest absolute Gasteiger partial charge is 0.492 e. The van der Waals surface area contributed by atoms with Crippen LogP contribution in [-0.4, -0.2) is 41.6 Å². The van der Waals surface area contributed by atoms with Gasteiger partial charge in [0.25, 0.3) is 0 Å². The number of urea groups is 1. The van der Waals surface area contributed by atoms with E-state index in [0.29, 0.717) is 23.7 Å². The molecule has 0 spiro atoms. The van der Waals surface area contributed by atoms with E-state index < -0.39 is 10.8 Å². The molecule has 0 aliphatic rings. The van der Waals surface area contributed by atoms with Gasteiger partial charge in [0.2, 0.25) is 0 Å². The zero-order valence-corrected chi connectivity index (χ0v) is 14.9. The molecule has 0 aromatic heterocycles. The number of likely N-dealkylation sites (N-methyl/N-ethyl adjacent to an activating group) is 1. The minimum atomic E-state index is -1.08. The Morgan fingerprint density at radius 1 is 1.21 bits per heavy atom. The second-order valence-corrected chi connectivity index (χ2v) is 6.87. The molecule has 0 heterocycles. The van der Waals surface area contributed by atoms with Crippen molar-refractivity contribution >= 4 is 22.5 Å². The number of anilines is 1. The lowest BCUT2D eigenvalue weighted by Gasteiger charge is -2.18. The maximum absolute atomic E-state index is 12.2. The summed E-state index contributed by atoms with van der Waals surface area (Å²) in [6.07, 6.45) is 1.61. The maximum atomic E-state index is 12.2. The first-order valence-electron chi connectivity index (χ1n) is 7.61. The van der Waals surface area contributed by atoms with E-state index in [4.69, 9.17) is 4.74 Å². The van der Waals surface area contributed by atoms with Crippen LogP contribution in [0.4, 0.5) is 10.5 Å². The molecule has 0 fully saturated rings. The Kier molecular flexibility index (Phi) is 6.37. The van der Waals surface area contributed by atoms with Crippen molar-refractivity contribution in [2.75, 3.05) is 31.8 Å². The molecule has 5 nitrogen and oxygen atoms in total. The van der Waals surface area contributed by atoms with E-state index in [0.717, 1.165) is 5.75 Å². The first-order chi connectivity index (χ1) is 11.5. The highest BCUT2D eigenvalue weighted by atomic mass is 32.2. The predicted octanol–water partition coefficient (Wildman–Crippen LogP) is 3.28. The molecule has 1 N–H and O–H groups in total. The van der Waals surface area contributed by atoms with Gasteiger partial charge in [-0.1, -0.05) is 23.8 Å². The Balaban J connectivity index is 1.82. The third-order valence-electron chi connectivity index (χ3n) is 3.48. The zero-order chi connectivity index (χ0) is 17.5. The molecule has 0 aliphatic heterocycles. The summed E-state index contributed by atoms with van der Waals surface area (Å²) < 4.78 is 17.1. The van der Waals surface area contributed by atoms with Gasteiger partial charge in [0.05, 0.1) is 6.54 Å². The van der Waals surface area contributed by atoms with Crippen LogP contribution in [-0.2, 0) is 10.8 Å². The van der Waals surface area contributed by atoms with E-state index in [-0.39, 0.29) is 6.03 Å². The molecule has 0 unspecified atom stereocenters. The molecule has 1 atom stereocenters. The highest BCUT2D eigenvalue weighted by Crippen LogP contribution is 2.14. The van der Waals surface area contributed by atoms with E-state index in [1.54, 1.807) is 42.5 Å². The number of ether oxygens (including phenoxy) is 1. The van der Waals surface area contributed by atoms with Crippen LogP contribution in [0.3, 0.4) is 0 Å².